The van der Waals surface area contributed by atoms with Gasteiger partial charge in [-0.15, -0.1) is 11.3 Å². The molecule has 3 aromatic rings. The van der Waals surface area contributed by atoms with Crippen LogP contribution in [0.5, 0.6) is 11.5 Å². The van der Waals surface area contributed by atoms with Crippen LogP contribution < -0.4 is 14.4 Å². The summed E-state index contributed by atoms with van der Waals surface area (Å²) < 4.78 is 76.9. The maximum Gasteiger partial charge on any atom is 0.417 e. The van der Waals surface area contributed by atoms with Gasteiger partial charge in [0, 0.05) is 30.1 Å². The Hall–Kier alpha value is -2.79. The van der Waals surface area contributed by atoms with Gasteiger partial charge in [0.25, 0.3) is 0 Å². The van der Waals surface area contributed by atoms with Crippen LogP contribution in [0.25, 0.3) is 11.3 Å². The Balaban J connectivity index is 1.50. The van der Waals surface area contributed by atoms with E-state index in [1.54, 1.807) is 20.3 Å². The molecule has 1 aromatic heterocycles. The lowest BCUT2D eigenvalue weighted by Gasteiger charge is -2.31. The molecule has 2 heterocycles. The lowest BCUT2D eigenvalue weighted by atomic mass is 10.1. The van der Waals surface area contributed by atoms with Crippen molar-refractivity contribution < 1.29 is 31.1 Å². The van der Waals surface area contributed by atoms with E-state index in [2.05, 4.69) is 4.98 Å². The Morgan fingerprint density at radius 3 is 2.41 bits per heavy atom. The zero-order chi connectivity index (χ0) is 24.5. The Kier molecular flexibility index (Phi) is 6.77. The molecule has 6 nitrogen and oxygen atoms in total. The molecule has 0 unspecified atom stereocenters. The fourth-order valence-electron chi connectivity index (χ4n) is 4.03. The first-order valence-electron chi connectivity index (χ1n) is 10.5. The monoisotopic (exact) mass is 512 g/mol. The maximum atomic E-state index is 13.4. The van der Waals surface area contributed by atoms with Crippen LogP contribution in [0.4, 0.5) is 18.3 Å². The number of benzene rings is 2. The highest BCUT2D eigenvalue weighted by Crippen LogP contribution is 2.39. The topological polar surface area (TPSA) is 68.7 Å². The van der Waals surface area contributed by atoms with Gasteiger partial charge in [-0.05, 0) is 37.1 Å². The summed E-state index contributed by atoms with van der Waals surface area (Å²) in [5.41, 5.74) is 0.399. The molecule has 1 aliphatic heterocycles. The van der Waals surface area contributed by atoms with Crippen molar-refractivity contribution in [2.24, 2.45) is 0 Å². The molecule has 0 amide bonds. The summed E-state index contributed by atoms with van der Waals surface area (Å²) in [7, 11) is -0.993. The molecule has 0 atom stereocenters. The Morgan fingerprint density at radius 1 is 1.06 bits per heavy atom. The third-order valence-corrected chi connectivity index (χ3v) is 9.05. The van der Waals surface area contributed by atoms with Gasteiger partial charge in [-0.3, -0.25) is 0 Å². The first-order chi connectivity index (χ1) is 16.1. The van der Waals surface area contributed by atoms with E-state index in [9.17, 15) is 21.6 Å². The van der Waals surface area contributed by atoms with Crippen LogP contribution in [0.3, 0.4) is 0 Å². The number of nitrogens with zero attached hydrogens (tertiary/aromatic N) is 2. The number of anilines is 1. The molecular weight excluding hydrogens is 489 g/mol. The van der Waals surface area contributed by atoms with E-state index in [0.717, 1.165) is 22.8 Å². The van der Waals surface area contributed by atoms with Crippen LogP contribution in [0.15, 0.2) is 52.7 Å². The number of thiazole rings is 1. The minimum Gasteiger partial charge on any atom is -0.497 e. The number of hydrogen-bond donors (Lipinski definition) is 0. The van der Waals surface area contributed by atoms with Crippen molar-refractivity contribution in [1.82, 2.24) is 4.98 Å². The maximum absolute atomic E-state index is 13.4. The van der Waals surface area contributed by atoms with Gasteiger partial charge in [0.2, 0.25) is 0 Å². The number of alkyl halides is 3. The molecule has 1 saturated heterocycles. The fraction of sp³-hybridized carbons (Fsp3) is 0.348. The molecule has 2 aromatic carbocycles. The molecule has 0 radical (unpaired) electrons. The Bertz CT molecular complexity index is 1270. The molecular formula is C23H23F3N2O4S2. The molecule has 34 heavy (non-hydrogen) atoms. The molecule has 1 aliphatic rings. The first-order valence-corrected chi connectivity index (χ1v) is 12.9. The van der Waals surface area contributed by atoms with Gasteiger partial charge in [0.05, 0.1) is 35.6 Å². The van der Waals surface area contributed by atoms with Gasteiger partial charge in [0.1, 0.15) is 11.5 Å². The number of ether oxygens (including phenoxy) is 2. The molecule has 1 fully saturated rings. The van der Waals surface area contributed by atoms with Gasteiger partial charge in [-0.2, -0.15) is 13.2 Å². The highest BCUT2D eigenvalue weighted by atomic mass is 32.2. The van der Waals surface area contributed by atoms with Crippen LogP contribution in [0.2, 0.25) is 0 Å². The van der Waals surface area contributed by atoms with Crippen molar-refractivity contribution in [2.75, 3.05) is 32.2 Å². The first kappa shape index (κ1) is 24.3. The molecule has 4 rings (SSSR count). The zero-order valence-corrected chi connectivity index (χ0v) is 20.1. The zero-order valence-electron chi connectivity index (χ0n) is 18.5. The van der Waals surface area contributed by atoms with E-state index >= 15 is 0 Å². The average molecular weight is 513 g/mol. The summed E-state index contributed by atoms with van der Waals surface area (Å²) in [5, 5.41) is 1.73. The van der Waals surface area contributed by atoms with Crippen LogP contribution in [0.1, 0.15) is 18.4 Å². The van der Waals surface area contributed by atoms with Crippen molar-refractivity contribution in [3.63, 3.8) is 0 Å². The van der Waals surface area contributed by atoms with Gasteiger partial charge in [-0.1, -0.05) is 12.1 Å². The molecule has 11 heteroatoms. The highest BCUT2D eigenvalue weighted by Gasteiger charge is 2.40. The lowest BCUT2D eigenvalue weighted by molar-refractivity contribution is -0.139. The molecule has 182 valence electrons. The number of sulfone groups is 1. The number of aromatic nitrogens is 1. The summed E-state index contributed by atoms with van der Waals surface area (Å²) in [6.07, 6.45) is -4.30. The standard InChI is InChI=1S/C23H23F3N2O4S2/c1-31-15-7-8-17(20(13-15)32-2)19-14-33-22(27-19)28-11-9-16(10-12-28)34(29,30)21-6-4-3-5-18(21)23(24,25)26/h3-8,13-14,16H,9-12H2,1-2H3. The Morgan fingerprint density at radius 2 is 1.76 bits per heavy atom. The molecule has 0 N–H and O–H groups in total. The van der Waals surface area contributed by atoms with Crippen molar-refractivity contribution >= 4 is 26.3 Å². The summed E-state index contributed by atoms with van der Waals surface area (Å²) in [4.78, 5) is 6.00. The van der Waals surface area contributed by atoms with E-state index in [-0.39, 0.29) is 12.8 Å². The number of methoxy groups -OCH3 is 2. The number of halogens is 3. The number of rotatable bonds is 6. The fourth-order valence-corrected chi connectivity index (χ4v) is 6.86. The minimum absolute atomic E-state index is 0.218. The van der Waals surface area contributed by atoms with E-state index < -0.39 is 31.7 Å². The second-order valence-corrected chi connectivity index (χ2v) is 10.8. The van der Waals surface area contributed by atoms with Gasteiger partial charge >= 0.3 is 6.18 Å². The lowest BCUT2D eigenvalue weighted by Crippen LogP contribution is -2.39. The SMILES string of the molecule is COc1ccc(-c2csc(N3CCC(S(=O)(=O)c4ccccc4C(F)(F)F)CC3)n2)c(OC)c1. The third kappa shape index (κ3) is 4.72. The van der Waals surface area contributed by atoms with E-state index in [4.69, 9.17) is 9.47 Å². The summed E-state index contributed by atoms with van der Waals surface area (Å²) in [5.74, 6) is 1.27. The van der Waals surface area contributed by atoms with E-state index in [1.165, 1.54) is 23.5 Å². The molecule has 0 bridgehead atoms. The van der Waals surface area contributed by atoms with Crippen molar-refractivity contribution in [1.29, 1.82) is 0 Å². The van der Waals surface area contributed by atoms with Crippen molar-refractivity contribution in [3.05, 3.63) is 53.4 Å². The molecule has 0 saturated carbocycles. The van der Waals surface area contributed by atoms with Crippen molar-refractivity contribution in [3.8, 4) is 22.8 Å². The molecule has 0 spiro atoms. The third-order valence-electron chi connectivity index (χ3n) is 5.83. The summed E-state index contributed by atoms with van der Waals surface area (Å²) >= 11 is 1.42. The van der Waals surface area contributed by atoms with E-state index in [1.807, 2.05) is 22.4 Å². The number of hydrogen-bond acceptors (Lipinski definition) is 7. The van der Waals surface area contributed by atoms with Crippen LogP contribution in [-0.4, -0.2) is 46.0 Å². The van der Waals surface area contributed by atoms with Gasteiger partial charge < -0.3 is 14.4 Å². The second kappa shape index (κ2) is 9.46. The van der Waals surface area contributed by atoms with E-state index in [0.29, 0.717) is 30.3 Å². The van der Waals surface area contributed by atoms with Crippen LogP contribution in [-0.2, 0) is 16.0 Å². The summed E-state index contributed by atoms with van der Waals surface area (Å²) in [6.45, 7) is 0.759. The predicted molar refractivity (Wildman–Crippen MR) is 125 cm³/mol. The highest BCUT2D eigenvalue weighted by molar-refractivity contribution is 7.92. The van der Waals surface area contributed by atoms with Crippen LogP contribution >= 0.6 is 11.3 Å². The quantitative estimate of drug-likeness (QED) is 0.447. The summed E-state index contributed by atoms with van der Waals surface area (Å²) in [6, 6.07) is 9.80. The molecule has 0 aliphatic carbocycles. The van der Waals surface area contributed by atoms with Gasteiger partial charge in [-0.25, -0.2) is 13.4 Å². The predicted octanol–water partition coefficient (Wildman–Crippen LogP) is 5.29. The van der Waals surface area contributed by atoms with Gasteiger partial charge in [0.15, 0.2) is 15.0 Å². The normalized spacial score (nSPS) is 15.4. The average Bonchev–Trinajstić information content (AvgIpc) is 3.33. The second-order valence-electron chi connectivity index (χ2n) is 7.81. The smallest absolute Gasteiger partial charge is 0.417 e. The Labute approximate surface area is 199 Å². The largest absolute Gasteiger partial charge is 0.497 e. The number of piperidine rings is 1. The minimum atomic E-state index is -4.73. The van der Waals surface area contributed by atoms with Crippen LogP contribution in [0, 0.1) is 0 Å². The van der Waals surface area contributed by atoms with Crippen molar-refractivity contribution in [2.45, 2.75) is 29.2 Å².